The summed E-state index contributed by atoms with van der Waals surface area (Å²) in [5.41, 5.74) is 5.50. The van der Waals surface area contributed by atoms with Gasteiger partial charge in [0.15, 0.2) is 5.82 Å². The molecule has 6 rings (SSSR count). The monoisotopic (exact) mass is 489 g/mol. The lowest BCUT2D eigenvalue weighted by molar-refractivity contribution is -0.132. The molecule has 0 unspecified atom stereocenters. The molecule has 4 heterocycles. The van der Waals surface area contributed by atoms with Crippen LogP contribution in [0.3, 0.4) is 0 Å². The molecule has 7 nitrogen and oxygen atoms in total. The third kappa shape index (κ3) is 4.60. The number of rotatable bonds is 5. The lowest BCUT2D eigenvalue weighted by Gasteiger charge is -2.34. The van der Waals surface area contributed by atoms with Crippen molar-refractivity contribution in [3.8, 4) is 22.5 Å². The van der Waals surface area contributed by atoms with Gasteiger partial charge in [0.05, 0.1) is 18.2 Å². The topological polar surface area (TPSA) is 88.1 Å². The summed E-state index contributed by atoms with van der Waals surface area (Å²) in [6.45, 7) is 1.30. The normalized spacial score (nSPS) is 18.8. The van der Waals surface area contributed by atoms with Crippen molar-refractivity contribution in [2.45, 2.75) is 31.2 Å². The van der Waals surface area contributed by atoms with Crippen LogP contribution in [0.15, 0.2) is 85.3 Å². The average Bonchev–Trinajstić information content (AvgIpc) is 3.28. The quantitative estimate of drug-likeness (QED) is 0.436. The van der Waals surface area contributed by atoms with E-state index in [0.717, 1.165) is 40.8 Å². The number of hydrogen-bond donors (Lipinski definition) is 1. The first kappa shape index (κ1) is 23.0. The van der Waals surface area contributed by atoms with Crippen LogP contribution in [0.5, 0.6) is 0 Å². The minimum atomic E-state index is -0.284. The van der Waals surface area contributed by atoms with Crippen molar-refractivity contribution in [2.24, 2.45) is 0 Å². The Balaban J connectivity index is 1.28. The summed E-state index contributed by atoms with van der Waals surface area (Å²) in [4.78, 5) is 41.5. The van der Waals surface area contributed by atoms with Gasteiger partial charge in [-0.3, -0.25) is 14.6 Å². The van der Waals surface area contributed by atoms with Gasteiger partial charge in [-0.2, -0.15) is 0 Å². The Hall–Kier alpha value is -4.39. The zero-order valence-corrected chi connectivity index (χ0v) is 20.4. The first-order valence-corrected chi connectivity index (χ1v) is 12.7. The molecule has 2 amide bonds. The van der Waals surface area contributed by atoms with E-state index in [2.05, 4.69) is 27.4 Å². The lowest BCUT2D eigenvalue weighted by Crippen LogP contribution is -2.40. The average molecular weight is 490 g/mol. The second-order valence-corrected chi connectivity index (χ2v) is 9.59. The highest BCUT2D eigenvalue weighted by Crippen LogP contribution is 2.35. The fraction of sp³-hybridized carbons (Fsp3) is 0.233. The number of carbonyl (C=O) groups excluding carboxylic acids is 2. The maximum atomic E-state index is 13.4. The molecule has 7 heteroatoms. The van der Waals surface area contributed by atoms with Crippen LogP contribution in [0.4, 0.5) is 0 Å². The Morgan fingerprint density at radius 2 is 1.73 bits per heavy atom. The minimum Gasteiger partial charge on any atom is -0.345 e. The number of benzene rings is 2. The van der Waals surface area contributed by atoms with Crippen molar-refractivity contribution < 1.29 is 9.59 Å². The molecule has 184 valence electrons. The molecule has 1 fully saturated rings. The minimum absolute atomic E-state index is 0.0522. The third-order valence-electron chi connectivity index (χ3n) is 7.27. The van der Waals surface area contributed by atoms with Crippen LogP contribution in [-0.4, -0.2) is 44.8 Å². The molecule has 37 heavy (non-hydrogen) atoms. The van der Waals surface area contributed by atoms with E-state index in [1.165, 1.54) is 0 Å². The Labute approximate surface area is 215 Å². The fourth-order valence-corrected chi connectivity index (χ4v) is 5.40. The molecule has 2 aromatic carbocycles. The fourth-order valence-electron chi connectivity index (χ4n) is 5.40. The maximum Gasteiger partial charge on any atom is 0.252 e. The van der Waals surface area contributed by atoms with Crippen LogP contribution in [0.1, 0.15) is 52.8 Å². The summed E-state index contributed by atoms with van der Waals surface area (Å²) in [5, 5.41) is 2.98. The van der Waals surface area contributed by atoms with Crippen molar-refractivity contribution in [3.63, 3.8) is 0 Å². The summed E-state index contributed by atoms with van der Waals surface area (Å²) in [6, 6.07) is 21.2. The highest BCUT2D eigenvalue weighted by molar-refractivity contribution is 5.99. The molecular formula is C30H27N5O2. The van der Waals surface area contributed by atoms with E-state index in [4.69, 9.17) is 4.98 Å². The molecule has 0 spiro atoms. The molecule has 0 aliphatic carbocycles. The molecule has 1 saturated heterocycles. The number of pyridine rings is 1. The smallest absolute Gasteiger partial charge is 0.252 e. The molecule has 1 N–H and O–H groups in total. The van der Waals surface area contributed by atoms with E-state index in [0.29, 0.717) is 24.5 Å². The molecule has 4 aromatic rings. The van der Waals surface area contributed by atoms with Gasteiger partial charge >= 0.3 is 0 Å². The number of nitrogens with zero attached hydrogens (tertiary/aromatic N) is 4. The summed E-state index contributed by atoms with van der Waals surface area (Å²) >= 11 is 0. The predicted octanol–water partition coefficient (Wildman–Crippen LogP) is 4.79. The molecule has 2 atom stereocenters. The Morgan fingerprint density at radius 1 is 0.946 bits per heavy atom. The predicted molar refractivity (Wildman–Crippen MR) is 141 cm³/mol. The van der Waals surface area contributed by atoms with Gasteiger partial charge in [0.25, 0.3) is 5.91 Å². The molecule has 0 bridgehead atoms. The Morgan fingerprint density at radius 3 is 2.57 bits per heavy atom. The van der Waals surface area contributed by atoms with Crippen LogP contribution in [0.25, 0.3) is 22.5 Å². The Bertz CT molecular complexity index is 1440. The number of amides is 2. The number of piperidine rings is 1. The van der Waals surface area contributed by atoms with E-state index >= 15 is 0 Å². The van der Waals surface area contributed by atoms with Crippen molar-refractivity contribution in [1.82, 2.24) is 25.2 Å². The van der Waals surface area contributed by atoms with Gasteiger partial charge in [-0.1, -0.05) is 48.5 Å². The highest BCUT2D eigenvalue weighted by atomic mass is 16.2. The van der Waals surface area contributed by atoms with Crippen LogP contribution < -0.4 is 5.32 Å². The second-order valence-electron chi connectivity index (χ2n) is 9.59. The third-order valence-corrected chi connectivity index (χ3v) is 7.27. The van der Waals surface area contributed by atoms with Crippen molar-refractivity contribution in [1.29, 1.82) is 0 Å². The standard InChI is InChI=1S/C30H27N5O2/c36-27(17-26-23-10-4-5-11-24(23)30(37)33-26)35-16-6-9-22(19-35)28-25(20-7-2-1-3-8-20)18-32-29(34-28)21-12-14-31-15-13-21/h1-5,7-8,10-15,18,22,26H,6,9,16-17,19H2,(H,33,37)/t22-,26-/m0/s1. The van der Waals surface area contributed by atoms with Crippen molar-refractivity contribution in [3.05, 3.63) is 102 Å². The van der Waals surface area contributed by atoms with E-state index in [1.807, 2.05) is 65.7 Å². The molecule has 2 aromatic heterocycles. The molecule has 0 radical (unpaired) electrons. The number of aromatic nitrogens is 3. The van der Waals surface area contributed by atoms with Gasteiger partial charge in [-0.15, -0.1) is 0 Å². The second kappa shape index (κ2) is 9.93. The van der Waals surface area contributed by atoms with Gasteiger partial charge in [0, 0.05) is 54.3 Å². The number of nitrogens with one attached hydrogen (secondary N) is 1. The Kier molecular flexibility index (Phi) is 6.18. The zero-order chi connectivity index (χ0) is 25.2. The van der Waals surface area contributed by atoms with E-state index in [9.17, 15) is 9.59 Å². The first-order chi connectivity index (χ1) is 18.2. The van der Waals surface area contributed by atoms with E-state index in [-0.39, 0.29) is 30.2 Å². The largest absolute Gasteiger partial charge is 0.345 e. The van der Waals surface area contributed by atoms with Crippen LogP contribution >= 0.6 is 0 Å². The van der Waals surface area contributed by atoms with Gasteiger partial charge < -0.3 is 10.2 Å². The number of carbonyl (C=O) groups is 2. The van der Waals surface area contributed by atoms with E-state index in [1.54, 1.807) is 12.4 Å². The van der Waals surface area contributed by atoms with Crippen LogP contribution in [0, 0.1) is 0 Å². The SMILES string of the molecule is O=C1N[C@@H](CC(=O)N2CCC[C@H](c3nc(-c4ccncc4)ncc3-c3ccccc3)C2)c2ccccc21. The van der Waals surface area contributed by atoms with Crippen LogP contribution in [-0.2, 0) is 4.79 Å². The number of fused-ring (bicyclic) bond motifs is 1. The van der Waals surface area contributed by atoms with Gasteiger partial charge in [-0.05, 0) is 42.2 Å². The summed E-state index contributed by atoms with van der Waals surface area (Å²) in [6.07, 6.45) is 7.48. The number of hydrogen-bond acceptors (Lipinski definition) is 5. The van der Waals surface area contributed by atoms with Gasteiger partial charge in [0.2, 0.25) is 5.91 Å². The number of likely N-dealkylation sites (tertiary alicyclic amines) is 1. The summed E-state index contributed by atoms with van der Waals surface area (Å²) in [7, 11) is 0. The van der Waals surface area contributed by atoms with Crippen molar-refractivity contribution >= 4 is 11.8 Å². The molecular weight excluding hydrogens is 462 g/mol. The van der Waals surface area contributed by atoms with Gasteiger partial charge in [0.1, 0.15) is 0 Å². The zero-order valence-electron chi connectivity index (χ0n) is 20.4. The molecule has 0 saturated carbocycles. The van der Waals surface area contributed by atoms with Gasteiger partial charge in [-0.25, -0.2) is 9.97 Å². The van der Waals surface area contributed by atoms with E-state index < -0.39 is 0 Å². The maximum absolute atomic E-state index is 13.4. The lowest BCUT2D eigenvalue weighted by atomic mass is 9.89. The molecule has 2 aliphatic heterocycles. The first-order valence-electron chi connectivity index (χ1n) is 12.7. The summed E-state index contributed by atoms with van der Waals surface area (Å²) in [5.74, 6) is 0.686. The summed E-state index contributed by atoms with van der Waals surface area (Å²) < 4.78 is 0. The highest BCUT2D eigenvalue weighted by Gasteiger charge is 2.33. The molecule has 2 aliphatic rings. The van der Waals surface area contributed by atoms with Crippen molar-refractivity contribution in [2.75, 3.05) is 13.1 Å². The van der Waals surface area contributed by atoms with Crippen LogP contribution in [0.2, 0.25) is 0 Å².